The van der Waals surface area contributed by atoms with Crippen LogP contribution in [0.2, 0.25) is 0 Å². The topological polar surface area (TPSA) is 46.6 Å². The fourth-order valence-corrected chi connectivity index (χ4v) is 3.11. The van der Waals surface area contributed by atoms with E-state index in [0.29, 0.717) is 25.4 Å². The third-order valence-corrected chi connectivity index (χ3v) is 4.26. The number of carbonyl (C=O) groups is 2. The van der Waals surface area contributed by atoms with Crippen LogP contribution in [-0.4, -0.2) is 37.0 Å². The quantitative estimate of drug-likeness (QED) is 0.722. The van der Waals surface area contributed by atoms with Gasteiger partial charge in [-0.2, -0.15) is 0 Å². The molecule has 4 nitrogen and oxygen atoms in total. The molecule has 1 aliphatic heterocycles. The van der Waals surface area contributed by atoms with Crippen molar-refractivity contribution in [1.29, 1.82) is 0 Å². The van der Waals surface area contributed by atoms with Crippen LogP contribution in [-0.2, 0) is 14.3 Å². The van der Waals surface area contributed by atoms with Gasteiger partial charge in [0.05, 0.1) is 13.0 Å². The molecule has 2 rings (SSSR count). The van der Waals surface area contributed by atoms with E-state index in [9.17, 15) is 9.59 Å². The fraction of sp³-hybridized carbons (Fsp3) is 0.857. The van der Waals surface area contributed by atoms with Crippen LogP contribution in [0.3, 0.4) is 0 Å². The first-order chi connectivity index (χ1) is 8.70. The first kappa shape index (κ1) is 13.4. The third kappa shape index (κ3) is 3.24. The summed E-state index contributed by atoms with van der Waals surface area (Å²) in [4.78, 5) is 25.4. The molecular weight excluding hydrogens is 230 g/mol. The van der Waals surface area contributed by atoms with Crippen molar-refractivity contribution in [3.8, 4) is 0 Å². The van der Waals surface area contributed by atoms with E-state index in [0.717, 1.165) is 6.42 Å². The van der Waals surface area contributed by atoms with E-state index in [-0.39, 0.29) is 17.8 Å². The summed E-state index contributed by atoms with van der Waals surface area (Å²) in [5, 5.41) is 0. The molecule has 1 amide bonds. The highest BCUT2D eigenvalue weighted by Crippen LogP contribution is 2.28. The lowest BCUT2D eigenvalue weighted by Crippen LogP contribution is -2.31. The van der Waals surface area contributed by atoms with Crippen molar-refractivity contribution in [2.45, 2.75) is 44.9 Å². The second-order valence-electron chi connectivity index (χ2n) is 5.56. The Bertz CT molecular complexity index is 310. The molecule has 2 fully saturated rings. The number of likely N-dealkylation sites (tertiary alicyclic amines) is 1. The van der Waals surface area contributed by atoms with Gasteiger partial charge >= 0.3 is 5.97 Å². The molecule has 1 saturated heterocycles. The largest absolute Gasteiger partial charge is 0.469 e. The number of esters is 1. The first-order valence-electron chi connectivity index (χ1n) is 7.06. The van der Waals surface area contributed by atoms with Crippen molar-refractivity contribution in [1.82, 2.24) is 4.90 Å². The molecule has 1 aliphatic carbocycles. The number of hydrogen-bond acceptors (Lipinski definition) is 3. The van der Waals surface area contributed by atoms with Gasteiger partial charge in [0.25, 0.3) is 0 Å². The minimum atomic E-state index is -0.178. The van der Waals surface area contributed by atoms with Gasteiger partial charge in [0.2, 0.25) is 5.91 Å². The fourth-order valence-electron chi connectivity index (χ4n) is 3.11. The number of nitrogens with zero attached hydrogens (tertiary/aromatic N) is 1. The van der Waals surface area contributed by atoms with Crippen LogP contribution in [0.4, 0.5) is 0 Å². The van der Waals surface area contributed by atoms with Crippen molar-refractivity contribution in [3.05, 3.63) is 0 Å². The SMILES string of the molecule is COC(=O)C1CCN(C(=O)CC2CCCCC2)C1. The summed E-state index contributed by atoms with van der Waals surface area (Å²) < 4.78 is 4.74. The average molecular weight is 253 g/mol. The molecule has 18 heavy (non-hydrogen) atoms. The number of hydrogen-bond donors (Lipinski definition) is 0. The molecule has 0 spiro atoms. The van der Waals surface area contributed by atoms with Gasteiger partial charge in [-0.15, -0.1) is 0 Å². The molecule has 0 aromatic rings. The summed E-state index contributed by atoms with van der Waals surface area (Å²) in [5.41, 5.74) is 0. The van der Waals surface area contributed by atoms with E-state index in [1.807, 2.05) is 4.90 Å². The third-order valence-electron chi connectivity index (χ3n) is 4.26. The predicted molar refractivity (Wildman–Crippen MR) is 67.9 cm³/mol. The molecule has 0 aromatic heterocycles. The maximum absolute atomic E-state index is 12.1. The zero-order chi connectivity index (χ0) is 13.0. The Balaban J connectivity index is 1.78. The van der Waals surface area contributed by atoms with Gasteiger partial charge in [-0.05, 0) is 25.2 Å². The van der Waals surface area contributed by atoms with E-state index in [4.69, 9.17) is 4.74 Å². The number of rotatable bonds is 3. The normalized spacial score (nSPS) is 25.2. The standard InChI is InChI=1S/C14H23NO3/c1-18-14(17)12-7-8-15(10-12)13(16)9-11-5-3-2-4-6-11/h11-12H,2-10H2,1H3. The molecule has 102 valence electrons. The lowest BCUT2D eigenvalue weighted by Gasteiger charge is -2.24. The Morgan fingerprint density at radius 3 is 2.56 bits per heavy atom. The van der Waals surface area contributed by atoms with Crippen molar-refractivity contribution in [2.24, 2.45) is 11.8 Å². The maximum Gasteiger partial charge on any atom is 0.310 e. The number of methoxy groups -OCH3 is 1. The Labute approximate surface area is 109 Å². The monoisotopic (exact) mass is 253 g/mol. The van der Waals surface area contributed by atoms with Gasteiger partial charge in [-0.3, -0.25) is 9.59 Å². The van der Waals surface area contributed by atoms with Gasteiger partial charge in [0.15, 0.2) is 0 Å². The van der Waals surface area contributed by atoms with Crippen LogP contribution in [0.25, 0.3) is 0 Å². The molecule has 1 saturated carbocycles. The summed E-state index contributed by atoms with van der Waals surface area (Å²) in [6.45, 7) is 1.27. The highest BCUT2D eigenvalue weighted by Gasteiger charge is 2.32. The predicted octanol–water partition coefficient (Wildman–Crippen LogP) is 1.98. The molecule has 1 unspecified atom stereocenters. The van der Waals surface area contributed by atoms with Gasteiger partial charge < -0.3 is 9.64 Å². The summed E-state index contributed by atoms with van der Waals surface area (Å²) in [6.07, 6.45) is 7.67. The van der Waals surface area contributed by atoms with E-state index >= 15 is 0 Å². The molecule has 2 aliphatic rings. The second kappa shape index (κ2) is 6.21. The summed E-state index contributed by atoms with van der Waals surface area (Å²) in [5.74, 6) is 0.519. The Kier molecular flexibility index (Phi) is 4.61. The Morgan fingerprint density at radius 2 is 1.89 bits per heavy atom. The zero-order valence-corrected chi connectivity index (χ0v) is 11.2. The van der Waals surface area contributed by atoms with Crippen LogP contribution in [0, 0.1) is 11.8 Å². The second-order valence-corrected chi connectivity index (χ2v) is 5.56. The molecular formula is C14H23NO3. The highest BCUT2D eigenvalue weighted by atomic mass is 16.5. The molecule has 0 aromatic carbocycles. The maximum atomic E-state index is 12.1. The molecule has 1 atom stereocenters. The zero-order valence-electron chi connectivity index (χ0n) is 11.2. The number of amides is 1. The molecule has 0 bridgehead atoms. The van der Waals surface area contributed by atoms with Crippen molar-refractivity contribution in [3.63, 3.8) is 0 Å². The lowest BCUT2D eigenvalue weighted by atomic mass is 9.87. The van der Waals surface area contributed by atoms with Crippen molar-refractivity contribution < 1.29 is 14.3 Å². The van der Waals surface area contributed by atoms with Crippen LogP contribution in [0.15, 0.2) is 0 Å². The minimum absolute atomic E-state index is 0.106. The average Bonchev–Trinajstić information content (AvgIpc) is 2.88. The first-order valence-corrected chi connectivity index (χ1v) is 7.06. The lowest BCUT2D eigenvalue weighted by molar-refractivity contribution is -0.145. The van der Waals surface area contributed by atoms with E-state index < -0.39 is 0 Å². The highest BCUT2D eigenvalue weighted by molar-refractivity contribution is 5.79. The van der Waals surface area contributed by atoms with E-state index in [1.54, 1.807) is 0 Å². The van der Waals surface area contributed by atoms with Gasteiger partial charge in [-0.1, -0.05) is 19.3 Å². The molecule has 1 heterocycles. The van der Waals surface area contributed by atoms with Crippen LogP contribution >= 0.6 is 0 Å². The summed E-state index contributed by atoms with van der Waals surface area (Å²) in [6, 6.07) is 0. The Hall–Kier alpha value is -1.06. The summed E-state index contributed by atoms with van der Waals surface area (Å²) >= 11 is 0. The molecule has 0 radical (unpaired) electrons. The molecule has 0 N–H and O–H groups in total. The number of carbonyl (C=O) groups excluding carboxylic acids is 2. The minimum Gasteiger partial charge on any atom is -0.469 e. The Morgan fingerprint density at radius 1 is 1.17 bits per heavy atom. The van der Waals surface area contributed by atoms with Gasteiger partial charge in [0, 0.05) is 19.5 Å². The summed E-state index contributed by atoms with van der Waals surface area (Å²) in [7, 11) is 1.41. The number of ether oxygens (including phenoxy) is 1. The molecule has 4 heteroatoms. The van der Waals surface area contributed by atoms with E-state index in [2.05, 4.69) is 0 Å². The van der Waals surface area contributed by atoms with Gasteiger partial charge in [0.1, 0.15) is 0 Å². The smallest absolute Gasteiger partial charge is 0.310 e. The van der Waals surface area contributed by atoms with E-state index in [1.165, 1.54) is 39.2 Å². The van der Waals surface area contributed by atoms with Crippen molar-refractivity contribution >= 4 is 11.9 Å². The van der Waals surface area contributed by atoms with Crippen LogP contribution in [0.5, 0.6) is 0 Å². The van der Waals surface area contributed by atoms with Crippen LogP contribution < -0.4 is 0 Å². The van der Waals surface area contributed by atoms with Crippen molar-refractivity contribution in [2.75, 3.05) is 20.2 Å². The van der Waals surface area contributed by atoms with Gasteiger partial charge in [-0.25, -0.2) is 0 Å². The van der Waals surface area contributed by atoms with Crippen LogP contribution in [0.1, 0.15) is 44.9 Å².